The molecule has 3 aromatic rings. The number of rotatable bonds is 11. The van der Waals surface area contributed by atoms with E-state index >= 15 is 8.78 Å². The first-order valence-corrected chi connectivity index (χ1v) is 14.7. The highest BCUT2D eigenvalue weighted by molar-refractivity contribution is 7.52. The molecule has 1 aromatic carbocycles. The molecule has 0 saturated carbocycles. The van der Waals surface area contributed by atoms with Crippen LogP contribution in [0.25, 0.3) is 11.2 Å². The van der Waals surface area contributed by atoms with Gasteiger partial charge in [-0.3, -0.25) is 13.9 Å². The summed E-state index contributed by atoms with van der Waals surface area (Å²) in [4.78, 5) is 27.0. The largest absolute Gasteiger partial charge is 0.462 e. The number of ether oxygens (including phenoxy) is 2. The van der Waals surface area contributed by atoms with Gasteiger partial charge in [-0.15, -0.1) is 0 Å². The SMILES string of the molecule is Cc1nc(N(C)C)c2ncn([C@@H]3O[C@](F)(CO[P@@](=O)(N[C@@H](C)C(=O)OC(C)C)Oc4ccccc4)[C@@H](O)[C@@]3(C)F)c2n1. The van der Waals surface area contributed by atoms with Gasteiger partial charge in [0.05, 0.1) is 12.4 Å². The third kappa shape index (κ3) is 6.40. The molecule has 6 atom stereocenters. The fourth-order valence-corrected chi connectivity index (χ4v) is 5.87. The zero-order valence-electron chi connectivity index (χ0n) is 24.3. The number of nitrogens with one attached hydrogen (secondary N) is 1. The predicted molar refractivity (Wildman–Crippen MR) is 148 cm³/mol. The van der Waals surface area contributed by atoms with E-state index in [0.29, 0.717) is 17.2 Å². The number of fused-ring (bicyclic) bond motifs is 1. The number of hydrogen-bond donors (Lipinski definition) is 2. The molecule has 1 saturated heterocycles. The number of nitrogens with zero attached hydrogens (tertiary/aromatic N) is 5. The van der Waals surface area contributed by atoms with E-state index in [1.165, 1.54) is 25.4 Å². The summed E-state index contributed by atoms with van der Waals surface area (Å²) >= 11 is 0. The van der Waals surface area contributed by atoms with Crippen molar-refractivity contribution < 1.29 is 41.8 Å². The number of benzene rings is 1. The van der Waals surface area contributed by atoms with Gasteiger partial charge in [-0.1, -0.05) is 18.2 Å². The van der Waals surface area contributed by atoms with Gasteiger partial charge in [0, 0.05) is 14.1 Å². The Labute approximate surface area is 241 Å². The first-order valence-electron chi connectivity index (χ1n) is 13.2. The smallest absolute Gasteiger partial charge is 0.459 e. The van der Waals surface area contributed by atoms with Gasteiger partial charge in [-0.2, -0.15) is 5.09 Å². The van der Waals surface area contributed by atoms with Crippen LogP contribution in [0.3, 0.4) is 0 Å². The summed E-state index contributed by atoms with van der Waals surface area (Å²) in [6.45, 7) is 5.97. The van der Waals surface area contributed by atoms with Gasteiger partial charge in [0.25, 0.3) is 5.85 Å². The molecule has 0 aliphatic carbocycles. The molecule has 0 unspecified atom stereocenters. The van der Waals surface area contributed by atoms with E-state index in [4.69, 9.17) is 18.5 Å². The fraction of sp³-hybridized carbons (Fsp3) is 0.538. The Kier molecular flexibility index (Phi) is 8.91. The maximum Gasteiger partial charge on any atom is 0.459 e. The minimum atomic E-state index is -4.55. The number of aryl methyl sites for hydroxylation is 1. The Hall–Kier alpha value is -3.23. The van der Waals surface area contributed by atoms with Gasteiger partial charge in [-0.25, -0.2) is 28.3 Å². The summed E-state index contributed by atoms with van der Waals surface area (Å²) in [6, 6.07) is 6.59. The molecular weight excluding hydrogens is 577 g/mol. The number of anilines is 1. The van der Waals surface area contributed by atoms with Crippen molar-refractivity contribution in [1.29, 1.82) is 0 Å². The molecule has 4 rings (SSSR count). The number of hydrogen-bond acceptors (Lipinski definition) is 11. The van der Waals surface area contributed by atoms with Crippen LogP contribution in [0.5, 0.6) is 5.75 Å². The molecule has 0 bridgehead atoms. The second-order valence-electron chi connectivity index (χ2n) is 10.6. The number of carbonyl (C=O) groups is 1. The van der Waals surface area contributed by atoms with Crippen LogP contribution in [0, 0.1) is 6.92 Å². The molecular formula is C26H35F2N6O7P. The molecule has 1 aliphatic heterocycles. The Balaban J connectivity index is 1.62. The molecule has 0 spiro atoms. The Morgan fingerprint density at radius 3 is 2.52 bits per heavy atom. The molecule has 1 aliphatic rings. The number of aromatic nitrogens is 4. The standard InChI is InChI=1S/C26H35F2N6O7P/c1-15(2)39-22(35)16(3)32-42(37,41-18-11-9-8-10-12-18)38-13-26(28)23(36)25(5,27)24(40-26)34-14-29-19-20(33(6)7)30-17(4)31-21(19)34/h8-12,14-16,23-24,36H,13H2,1-7H3,(H,32,37)/t16-,23-,24+,25+,26+,42-/m0/s1. The molecule has 0 amide bonds. The van der Waals surface area contributed by atoms with Crippen LogP contribution < -0.4 is 14.5 Å². The van der Waals surface area contributed by atoms with E-state index in [0.717, 1.165) is 11.5 Å². The summed E-state index contributed by atoms with van der Waals surface area (Å²) in [6.07, 6.45) is -3.41. The number of halogens is 2. The summed E-state index contributed by atoms with van der Waals surface area (Å²) < 4.78 is 68.7. The molecule has 2 aromatic heterocycles. The second kappa shape index (κ2) is 11.8. The average Bonchev–Trinajstić information content (AvgIpc) is 3.39. The number of esters is 1. The monoisotopic (exact) mass is 612 g/mol. The van der Waals surface area contributed by atoms with E-state index < -0.39 is 56.3 Å². The third-order valence-electron chi connectivity index (χ3n) is 6.38. The number of para-hydroxylation sites is 1. The molecule has 0 radical (unpaired) electrons. The van der Waals surface area contributed by atoms with Gasteiger partial charge in [0.15, 0.2) is 35.0 Å². The van der Waals surface area contributed by atoms with E-state index in [2.05, 4.69) is 20.0 Å². The van der Waals surface area contributed by atoms with Crippen molar-refractivity contribution in [3.05, 3.63) is 42.5 Å². The van der Waals surface area contributed by atoms with Crippen molar-refractivity contribution in [2.75, 3.05) is 25.6 Å². The maximum absolute atomic E-state index is 16.3. The second-order valence-corrected chi connectivity index (χ2v) is 12.3. The van der Waals surface area contributed by atoms with Crippen LogP contribution in [0.4, 0.5) is 14.6 Å². The molecule has 13 nitrogen and oxygen atoms in total. The predicted octanol–water partition coefficient (Wildman–Crippen LogP) is 3.62. The van der Waals surface area contributed by atoms with Crippen LogP contribution in [0.1, 0.15) is 39.7 Å². The van der Waals surface area contributed by atoms with E-state index in [1.807, 2.05) is 0 Å². The Morgan fingerprint density at radius 2 is 1.90 bits per heavy atom. The highest BCUT2D eigenvalue weighted by Gasteiger charge is 2.65. The summed E-state index contributed by atoms with van der Waals surface area (Å²) in [5.41, 5.74) is -2.27. The number of carbonyl (C=O) groups excluding carboxylic acids is 1. The van der Waals surface area contributed by atoms with Crippen LogP contribution in [0.15, 0.2) is 36.7 Å². The molecule has 230 valence electrons. The molecule has 16 heteroatoms. The quantitative estimate of drug-likeness (QED) is 0.241. The van der Waals surface area contributed by atoms with Crippen molar-refractivity contribution in [3.8, 4) is 5.75 Å². The van der Waals surface area contributed by atoms with Crippen molar-refractivity contribution in [1.82, 2.24) is 24.6 Å². The molecule has 42 heavy (non-hydrogen) atoms. The lowest BCUT2D eigenvalue weighted by atomic mass is 9.97. The van der Waals surface area contributed by atoms with Crippen LogP contribution >= 0.6 is 7.75 Å². The maximum atomic E-state index is 16.3. The summed E-state index contributed by atoms with van der Waals surface area (Å²) in [5, 5.41) is 13.2. The van der Waals surface area contributed by atoms with E-state index in [-0.39, 0.29) is 11.4 Å². The molecule has 2 N–H and O–H groups in total. The Bertz CT molecular complexity index is 1470. The highest BCUT2D eigenvalue weighted by atomic mass is 31.2. The van der Waals surface area contributed by atoms with Gasteiger partial charge in [0.1, 0.15) is 24.2 Å². The van der Waals surface area contributed by atoms with Crippen molar-refractivity contribution >= 4 is 30.7 Å². The number of aliphatic hydroxyl groups excluding tert-OH is 1. The van der Waals surface area contributed by atoms with Crippen LogP contribution in [-0.2, 0) is 23.4 Å². The number of alkyl halides is 2. The topological polar surface area (TPSA) is 150 Å². The normalized spacial score (nSPS) is 26.3. The minimum Gasteiger partial charge on any atom is -0.462 e. The highest BCUT2D eigenvalue weighted by Crippen LogP contribution is 2.52. The van der Waals surface area contributed by atoms with Crippen LogP contribution in [-0.4, -0.2) is 81.1 Å². The fourth-order valence-electron chi connectivity index (χ4n) is 4.36. The van der Waals surface area contributed by atoms with Crippen molar-refractivity contribution in [3.63, 3.8) is 0 Å². The lowest BCUT2D eigenvalue weighted by molar-refractivity contribution is -0.202. The average molecular weight is 613 g/mol. The van der Waals surface area contributed by atoms with Crippen LogP contribution in [0.2, 0.25) is 0 Å². The van der Waals surface area contributed by atoms with Gasteiger partial charge < -0.3 is 24.0 Å². The summed E-state index contributed by atoms with van der Waals surface area (Å²) in [5.74, 6) is -3.12. The van der Waals surface area contributed by atoms with Crippen molar-refractivity contribution in [2.45, 2.75) is 70.6 Å². The summed E-state index contributed by atoms with van der Waals surface area (Å²) in [7, 11) is -1.07. The lowest BCUT2D eigenvalue weighted by Crippen LogP contribution is -2.47. The van der Waals surface area contributed by atoms with Gasteiger partial charge in [0.2, 0.25) is 0 Å². The minimum absolute atomic E-state index is 0.0726. The third-order valence-corrected chi connectivity index (χ3v) is 8.01. The zero-order chi connectivity index (χ0) is 31.0. The van der Waals surface area contributed by atoms with E-state index in [1.54, 1.807) is 58.0 Å². The lowest BCUT2D eigenvalue weighted by Gasteiger charge is -2.28. The first kappa shape index (κ1) is 31.7. The van der Waals surface area contributed by atoms with Gasteiger partial charge >= 0.3 is 13.7 Å². The zero-order valence-corrected chi connectivity index (χ0v) is 25.2. The number of aliphatic hydroxyl groups is 1. The molecule has 1 fully saturated rings. The van der Waals surface area contributed by atoms with Gasteiger partial charge in [-0.05, 0) is 46.8 Å². The first-order chi connectivity index (χ1) is 19.6. The van der Waals surface area contributed by atoms with Crippen molar-refractivity contribution in [2.24, 2.45) is 0 Å². The Morgan fingerprint density at radius 1 is 1.24 bits per heavy atom. The number of imidazole rings is 1. The van der Waals surface area contributed by atoms with E-state index in [9.17, 15) is 14.5 Å². The molecule has 3 heterocycles.